The van der Waals surface area contributed by atoms with Crippen molar-refractivity contribution < 1.29 is 32.8 Å². The van der Waals surface area contributed by atoms with Crippen molar-refractivity contribution in [2.75, 3.05) is 0 Å². The molecule has 9 nitrogen and oxygen atoms in total. The van der Waals surface area contributed by atoms with Gasteiger partial charge in [-0.05, 0) is 53.6 Å². The van der Waals surface area contributed by atoms with E-state index in [1.54, 1.807) is 48.5 Å². The van der Waals surface area contributed by atoms with Gasteiger partial charge in [0.15, 0.2) is 0 Å². The molecule has 0 aliphatic carbocycles. The number of carboxylic acid groups (broad SMARTS) is 1. The lowest BCUT2D eigenvalue weighted by atomic mass is 10.0. The van der Waals surface area contributed by atoms with Gasteiger partial charge in [0.25, 0.3) is 16.0 Å². The van der Waals surface area contributed by atoms with Crippen molar-refractivity contribution in [2.24, 2.45) is 4.99 Å². The maximum absolute atomic E-state index is 13.2. The molecule has 0 saturated carbocycles. The minimum Gasteiger partial charge on any atom is -0.494 e. The SMILES string of the molecule is O=C(O)c1cc(Cn2c(O)c3c(c2-c2ccc(Cl)cc2)C(=O)N=C3c2ccc(Cl)cc2)cc(S(=O)(=O)O)c1. The molecule has 1 aliphatic rings. The number of amides is 1. The molecule has 0 fully saturated rings. The number of aromatic hydroxyl groups is 1. The van der Waals surface area contributed by atoms with Crippen LogP contribution in [-0.4, -0.2) is 45.3 Å². The number of benzene rings is 3. The maximum atomic E-state index is 13.2. The van der Waals surface area contributed by atoms with Crippen molar-refractivity contribution in [3.8, 4) is 17.1 Å². The van der Waals surface area contributed by atoms with Gasteiger partial charge in [0.1, 0.15) is 0 Å². The van der Waals surface area contributed by atoms with Crippen LogP contribution in [-0.2, 0) is 16.7 Å². The van der Waals surface area contributed by atoms with E-state index in [2.05, 4.69) is 4.99 Å². The van der Waals surface area contributed by atoms with E-state index in [1.165, 1.54) is 10.6 Å². The minimum absolute atomic E-state index is 0.110. The van der Waals surface area contributed by atoms with Crippen LogP contribution >= 0.6 is 23.2 Å². The van der Waals surface area contributed by atoms with Crippen molar-refractivity contribution in [3.05, 3.63) is 105 Å². The summed E-state index contributed by atoms with van der Waals surface area (Å²) in [5.74, 6) is -2.37. The maximum Gasteiger partial charge on any atom is 0.335 e. The highest BCUT2D eigenvalue weighted by Crippen LogP contribution is 2.42. The van der Waals surface area contributed by atoms with Gasteiger partial charge in [-0.15, -0.1) is 0 Å². The third-order valence-electron chi connectivity index (χ3n) is 5.99. The normalized spacial score (nSPS) is 12.9. The summed E-state index contributed by atoms with van der Waals surface area (Å²) in [5, 5.41) is 21.8. The summed E-state index contributed by atoms with van der Waals surface area (Å²) in [4.78, 5) is 28.3. The van der Waals surface area contributed by atoms with Crippen LogP contribution in [0.5, 0.6) is 5.88 Å². The number of carbonyl (C=O) groups excluding carboxylic acids is 1. The second kappa shape index (κ2) is 9.41. The monoisotopic (exact) mass is 570 g/mol. The molecule has 1 aliphatic heterocycles. The number of rotatable bonds is 6. The van der Waals surface area contributed by atoms with Crippen LogP contribution in [0.1, 0.15) is 37.4 Å². The Balaban J connectivity index is 1.75. The quantitative estimate of drug-likeness (QED) is 0.271. The Kier molecular flexibility index (Phi) is 6.36. The Morgan fingerprint density at radius 2 is 1.47 bits per heavy atom. The first-order chi connectivity index (χ1) is 17.9. The molecule has 3 N–H and O–H groups in total. The van der Waals surface area contributed by atoms with E-state index >= 15 is 0 Å². The minimum atomic E-state index is -4.74. The molecule has 0 bridgehead atoms. The molecule has 1 amide bonds. The van der Waals surface area contributed by atoms with E-state index < -0.39 is 26.9 Å². The van der Waals surface area contributed by atoms with E-state index in [4.69, 9.17) is 23.2 Å². The van der Waals surface area contributed by atoms with Gasteiger partial charge >= 0.3 is 5.97 Å². The molecule has 38 heavy (non-hydrogen) atoms. The van der Waals surface area contributed by atoms with Gasteiger partial charge in [-0.1, -0.05) is 47.5 Å². The summed E-state index contributed by atoms with van der Waals surface area (Å²) in [6.45, 7) is -0.248. The molecule has 192 valence electrons. The first-order valence-corrected chi connectivity index (χ1v) is 13.1. The number of halogens is 2. The topological polar surface area (TPSA) is 146 Å². The lowest BCUT2D eigenvalue weighted by Gasteiger charge is -2.14. The standard InChI is InChI=1S/C26H16Cl2N2O7S/c27-17-5-1-14(2-6-17)22-20-21(24(31)29-22)23(15-3-7-18(28)8-4-15)30(25(20)32)12-13-9-16(26(33)34)11-19(10-13)38(35,36)37/h1-11,32H,12H2,(H,33,34)(H,35,36,37). The highest BCUT2D eigenvalue weighted by Gasteiger charge is 2.36. The fourth-order valence-corrected chi connectivity index (χ4v) is 5.17. The number of carbonyl (C=O) groups is 2. The van der Waals surface area contributed by atoms with Crippen molar-refractivity contribution >= 4 is 50.9 Å². The van der Waals surface area contributed by atoms with Crippen LogP contribution < -0.4 is 0 Å². The van der Waals surface area contributed by atoms with E-state index in [0.717, 1.165) is 12.1 Å². The van der Waals surface area contributed by atoms with E-state index in [1.807, 2.05) is 0 Å². The fourth-order valence-electron chi connectivity index (χ4n) is 4.34. The van der Waals surface area contributed by atoms with Gasteiger partial charge in [0.05, 0.1) is 39.5 Å². The summed E-state index contributed by atoms with van der Waals surface area (Å²) in [6, 6.07) is 16.1. The lowest BCUT2D eigenvalue weighted by Crippen LogP contribution is -2.09. The molecule has 3 aromatic carbocycles. The number of aromatic nitrogens is 1. The highest BCUT2D eigenvalue weighted by atomic mass is 35.5. The molecule has 4 aromatic rings. The van der Waals surface area contributed by atoms with Gasteiger partial charge in [-0.2, -0.15) is 8.42 Å². The highest BCUT2D eigenvalue weighted by molar-refractivity contribution is 7.85. The molecule has 0 atom stereocenters. The predicted octanol–water partition coefficient (Wildman–Crippen LogP) is 5.15. The zero-order valence-electron chi connectivity index (χ0n) is 19.1. The number of fused-ring (bicyclic) bond motifs is 1. The van der Waals surface area contributed by atoms with Crippen molar-refractivity contribution in [1.82, 2.24) is 4.57 Å². The number of carboxylic acids is 1. The van der Waals surface area contributed by atoms with Gasteiger partial charge in [0.2, 0.25) is 5.88 Å². The van der Waals surface area contributed by atoms with Crippen LogP contribution in [0.3, 0.4) is 0 Å². The van der Waals surface area contributed by atoms with Gasteiger partial charge in [-0.25, -0.2) is 9.79 Å². The molecule has 1 aromatic heterocycles. The summed E-state index contributed by atoms with van der Waals surface area (Å²) in [6.07, 6.45) is 0. The second-order valence-corrected chi connectivity index (χ2v) is 10.7. The zero-order chi connectivity index (χ0) is 27.4. The molecule has 0 unspecified atom stereocenters. The smallest absolute Gasteiger partial charge is 0.335 e. The largest absolute Gasteiger partial charge is 0.494 e. The number of nitrogens with zero attached hydrogens (tertiary/aromatic N) is 2. The summed E-state index contributed by atoms with van der Waals surface area (Å²) in [7, 11) is -4.74. The first-order valence-electron chi connectivity index (χ1n) is 10.9. The van der Waals surface area contributed by atoms with Crippen LogP contribution in [0.25, 0.3) is 11.3 Å². The number of hydrogen-bond donors (Lipinski definition) is 3. The summed E-state index contributed by atoms with van der Waals surface area (Å²) < 4.78 is 34.5. The Bertz CT molecular complexity index is 1780. The number of aromatic carboxylic acids is 1. The summed E-state index contributed by atoms with van der Waals surface area (Å²) >= 11 is 12.0. The van der Waals surface area contributed by atoms with Crippen LogP contribution in [0.15, 0.2) is 76.6 Å². The van der Waals surface area contributed by atoms with Crippen LogP contribution in [0.4, 0.5) is 0 Å². The molecule has 0 saturated heterocycles. The third-order valence-corrected chi connectivity index (χ3v) is 7.32. The van der Waals surface area contributed by atoms with Gasteiger partial charge in [0, 0.05) is 15.6 Å². The molecular weight excluding hydrogens is 555 g/mol. The average Bonchev–Trinajstić information content (AvgIpc) is 3.34. The second-order valence-electron chi connectivity index (χ2n) is 8.43. The number of aliphatic imine (C=N–C) groups is 1. The van der Waals surface area contributed by atoms with Crippen LogP contribution in [0.2, 0.25) is 10.0 Å². The fraction of sp³-hybridized carbons (Fsp3) is 0.0385. The van der Waals surface area contributed by atoms with Crippen molar-refractivity contribution in [1.29, 1.82) is 0 Å². The van der Waals surface area contributed by atoms with Gasteiger partial charge < -0.3 is 14.8 Å². The Hall–Kier alpha value is -3.96. The van der Waals surface area contributed by atoms with Gasteiger partial charge in [-0.3, -0.25) is 9.35 Å². The van der Waals surface area contributed by atoms with E-state index in [9.17, 15) is 32.8 Å². The predicted molar refractivity (Wildman–Crippen MR) is 140 cm³/mol. The Morgan fingerprint density at radius 1 is 0.895 bits per heavy atom. The molecule has 0 radical (unpaired) electrons. The van der Waals surface area contributed by atoms with E-state index in [-0.39, 0.29) is 46.1 Å². The van der Waals surface area contributed by atoms with Crippen molar-refractivity contribution in [3.63, 3.8) is 0 Å². The third kappa shape index (κ3) is 4.59. The molecule has 5 rings (SSSR count). The van der Waals surface area contributed by atoms with E-state index in [0.29, 0.717) is 21.2 Å². The lowest BCUT2D eigenvalue weighted by molar-refractivity contribution is 0.0696. The Morgan fingerprint density at radius 3 is 2.03 bits per heavy atom. The molecule has 0 spiro atoms. The number of hydrogen-bond acceptors (Lipinski definition) is 5. The Labute approximate surface area is 226 Å². The summed E-state index contributed by atoms with van der Waals surface area (Å²) in [5.41, 5.74) is 1.52. The zero-order valence-corrected chi connectivity index (χ0v) is 21.4. The average molecular weight is 571 g/mol. The molecular formula is C26H16Cl2N2O7S. The first kappa shape index (κ1) is 25.7. The molecule has 2 heterocycles. The van der Waals surface area contributed by atoms with Crippen LogP contribution in [0, 0.1) is 0 Å². The molecule has 12 heteroatoms. The van der Waals surface area contributed by atoms with Crippen molar-refractivity contribution in [2.45, 2.75) is 11.4 Å².